The fraction of sp³-hybridized carbons (Fsp3) is 0.350. The fourth-order valence-corrected chi connectivity index (χ4v) is 3.84. The molecule has 2 heterocycles. The first kappa shape index (κ1) is 15.4. The van der Waals surface area contributed by atoms with E-state index in [9.17, 15) is 4.79 Å². The quantitative estimate of drug-likeness (QED) is 0.910. The Labute approximate surface area is 142 Å². The van der Waals surface area contributed by atoms with Crippen molar-refractivity contribution in [3.8, 4) is 11.1 Å². The molecular formula is C20H23N3O. The van der Waals surface area contributed by atoms with Crippen molar-refractivity contribution < 1.29 is 4.79 Å². The minimum Gasteiger partial charge on any atom is -0.345 e. The van der Waals surface area contributed by atoms with E-state index in [4.69, 9.17) is 0 Å². The van der Waals surface area contributed by atoms with Gasteiger partial charge in [-0.05, 0) is 28.8 Å². The second-order valence-electron chi connectivity index (χ2n) is 6.96. The van der Waals surface area contributed by atoms with Crippen molar-refractivity contribution in [3.05, 3.63) is 59.7 Å². The normalized spacial score (nSPS) is 25.0. The van der Waals surface area contributed by atoms with Gasteiger partial charge in [0.2, 0.25) is 0 Å². The summed E-state index contributed by atoms with van der Waals surface area (Å²) in [5.74, 6) is 0.676. The topological polar surface area (TPSA) is 44.4 Å². The van der Waals surface area contributed by atoms with Gasteiger partial charge in [-0.15, -0.1) is 0 Å². The highest BCUT2D eigenvalue weighted by atomic mass is 16.2. The zero-order chi connectivity index (χ0) is 16.7. The van der Waals surface area contributed by atoms with Gasteiger partial charge in [-0.25, -0.2) is 0 Å². The molecular weight excluding hydrogens is 298 g/mol. The maximum Gasteiger partial charge on any atom is 0.253 e. The predicted molar refractivity (Wildman–Crippen MR) is 96.2 cm³/mol. The number of fused-ring (bicyclic) bond motifs is 2. The van der Waals surface area contributed by atoms with E-state index in [1.807, 2.05) is 24.3 Å². The van der Waals surface area contributed by atoms with Gasteiger partial charge in [-0.2, -0.15) is 0 Å². The molecule has 1 amide bonds. The SMILES string of the molecule is CN(C)C(=O)c1ccc(-c2ccc(C3[C@@H]4CNC[C@H]3N4)cc2)cc1. The lowest BCUT2D eigenvalue weighted by atomic mass is 9.75. The molecule has 0 radical (unpaired) electrons. The highest BCUT2D eigenvalue weighted by Gasteiger charge is 2.43. The summed E-state index contributed by atoms with van der Waals surface area (Å²) < 4.78 is 0. The molecule has 2 saturated heterocycles. The van der Waals surface area contributed by atoms with Crippen molar-refractivity contribution in [2.45, 2.75) is 18.0 Å². The molecule has 1 unspecified atom stereocenters. The Hall–Kier alpha value is -2.17. The lowest BCUT2D eigenvalue weighted by molar-refractivity contribution is 0.0827. The summed E-state index contributed by atoms with van der Waals surface area (Å²) >= 11 is 0. The third-order valence-electron chi connectivity index (χ3n) is 5.19. The van der Waals surface area contributed by atoms with E-state index in [1.54, 1.807) is 19.0 Å². The van der Waals surface area contributed by atoms with Gasteiger partial charge in [0.25, 0.3) is 5.91 Å². The third-order valence-corrected chi connectivity index (χ3v) is 5.19. The average molecular weight is 321 g/mol. The summed E-state index contributed by atoms with van der Waals surface area (Å²) in [6.45, 7) is 2.12. The molecule has 4 heteroatoms. The maximum atomic E-state index is 12.0. The molecule has 4 rings (SSSR count). The molecule has 2 N–H and O–H groups in total. The van der Waals surface area contributed by atoms with Crippen LogP contribution < -0.4 is 10.6 Å². The monoisotopic (exact) mass is 321 g/mol. The van der Waals surface area contributed by atoms with Gasteiger partial charge < -0.3 is 15.5 Å². The van der Waals surface area contributed by atoms with E-state index in [0.29, 0.717) is 18.0 Å². The van der Waals surface area contributed by atoms with Crippen LogP contribution in [0, 0.1) is 0 Å². The summed E-state index contributed by atoms with van der Waals surface area (Å²) in [5.41, 5.74) is 4.48. The molecule has 0 saturated carbocycles. The van der Waals surface area contributed by atoms with Crippen LogP contribution in [-0.2, 0) is 0 Å². The number of hydrogen-bond donors (Lipinski definition) is 2. The molecule has 2 aromatic carbocycles. The van der Waals surface area contributed by atoms with Crippen molar-refractivity contribution in [2.24, 2.45) is 0 Å². The largest absolute Gasteiger partial charge is 0.345 e. The second-order valence-corrected chi connectivity index (χ2v) is 6.96. The van der Waals surface area contributed by atoms with Crippen molar-refractivity contribution in [2.75, 3.05) is 27.2 Å². The highest BCUT2D eigenvalue weighted by molar-refractivity contribution is 5.94. The van der Waals surface area contributed by atoms with Crippen molar-refractivity contribution in [3.63, 3.8) is 0 Å². The van der Waals surface area contributed by atoms with Crippen molar-refractivity contribution >= 4 is 5.91 Å². The van der Waals surface area contributed by atoms with Gasteiger partial charge in [0.1, 0.15) is 0 Å². The summed E-state index contributed by atoms with van der Waals surface area (Å²) in [4.78, 5) is 13.6. The Bertz CT molecular complexity index is 722. The lowest BCUT2D eigenvalue weighted by Crippen LogP contribution is -2.71. The number of nitrogens with one attached hydrogen (secondary N) is 2. The average Bonchev–Trinajstić information content (AvgIpc) is 2.62. The number of carbonyl (C=O) groups excluding carboxylic acids is 1. The Balaban J connectivity index is 1.52. The van der Waals surface area contributed by atoms with Gasteiger partial charge in [0.15, 0.2) is 0 Å². The lowest BCUT2D eigenvalue weighted by Gasteiger charge is -2.51. The van der Waals surface area contributed by atoms with Crippen LogP contribution in [0.3, 0.4) is 0 Å². The minimum atomic E-state index is 0.0366. The number of rotatable bonds is 3. The zero-order valence-electron chi connectivity index (χ0n) is 14.1. The minimum absolute atomic E-state index is 0.0366. The summed E-state index contributed by atoms with van der Waals surface area (Å²) in [6, 6.07) is 17.9. The van der Waals surface area contributed by atoms with E-state index in [0.717, 1.165) is 24.2 Å². The number of benzene rings is 2. The third kappa shape index (κ3) is 2.62. The number of nitrogens with zero attached hydrogens (tertiary/aromatic N) is 1. The molecule has 2 aliphatic heterocycles. The van der Waals surface area contributed by atoms with Crippen LogP contribution in [0.1, 0.15) is 21.8 Å². The summed E-state index contributed by atoms with van der Waals surface area (Å²) in [7, 11) is 3.55. The second kappa shape index (κ2) is 6.04. The van der Waals surface area contributed by atoms with Gasteiger partial charge in [-0.3, -0.25) is 4.79 Å². The number of carbonyl (C=O) groups is 1. The zero-order valence-corrected chi connectivity index (χ0v) is 14.1. The molecule has 2 fully saturated rings. The van der Waals surface area contributed by atoms with E-state index in [1.165, 1.54) is 11.1 Å². The van der Waals surface area contributed by atoms with E-state index < -0.39 is 0 Å². The van der Waals surface area contributed by atoms with Gasteiger partial charge in [-0.1, -0.05) is 36.4 Å². The molecule has 2 bridgehead atoms. The smallest absolute Gasteiger partial charge is 0.253 e. The predicted octanol–water partition coefficient (Wildman–Crippen LogP) is 2.08. The van der Waals surface area contributed by atoms with Crippen LogP contribution in [0.2, 0.25) is 0 Å². The number of amides is 1. The van der Waals surface area contributed by atoms with Crippen molar-refractivity contribution in [1.29, 1.82) is 0 Å². The molecule has 3 atom stereocenters. The number of piperidine rings is 1. The van der Waals surface area contributed by atoms with E-state index in [2.05, 4.69) is 34.9 Å². The van der Waals surface area contributed by atoms with Crippen molar-refractivity contribution in [1.82, 2.24) is 15.5 Å². The first-order chi connectivity index (χ1) is 11.6. The molecule has 0 spiro atoms. The molecule has 2 aliphatic rings. The summed E-state index contributed by atoms with van der Waals surface area (Å²) in [5, 5.41) is 7.05. The molecule has 124 valence electrons. The van der Waals surface area contributed by atoms with Crippen LogP contribution in [-0.4, -0.2) is 50.1 Å². The number of hydrogen-bond acceptors (Lipinski definition) is 3. The van der Waals surface area contributed by atoms with Crippen LogP contribution in [0.15, 0.2) is 48.5 Å². The Kier molecular flexibility index (Phi) is 3.87. The molecule has 0 aliphatic carbocycles. The number of piperazine rings is 1. The Morgan fingerprint density at radius 3 is 1.96 bits per heavy atom. The van der Waals surface area contributed by atoms with Crippen LogP contribution in [0.5, 0.6) is 0 Å². The van der Waals surface area contributed by atoms with E-state index in [-0.39, 0.29) is 5.91 Å². The Morgan fingerprint density at radius 1 is 0.917 bits per heavy atom. The van der Waals surface area contributed by atoms with Gasteiger partial charge in [0.05, 0.1) is 0 Å². The fourth-order valence-electron chi connectivity index (χ4n) is 3.84. The van der Waals surface area contributed by atoms with Gasteiger partial charge in [0, 0.05) is 50.7 Å². The molecule has 2 aromatic rings. The molecule has 0 aromatic heterocycles. The maximum absolute atomic E-state index is 12.0. The van der Waals surface area contributed by atoms with Crippen LogP contribution >= 0.6 is 0 Å². The molecule has 24 heavy (non-hydrogen) atoms. The van der Waals surface area contributed by atoms with Gasteiger partial charge >= 0.3 is 0 Å². The standard InChI is InChI=1S/C20H23N3O/c1-23(2)20(24)16-9-5-14(6-10-16)13-3-7-15(8-4-13)19-17-11-21-12-18(19)22-17/h3-10,17-19,21-22H,11-12H2,1-2H3/t17-,18+,19?. The van der Waals surface area contributed by atoms with Crippen LogP contribution in [0.25, 0.3) is 11.1 Å². The first-order valence-corrected chi connectivity index (χ1v) is 8.52. The highest BCUT2D eigenvalue weighted by Crippen LogP contribution is 2.35. The summed E-state index contributed by atoms with van der Waals surface area (Å²) in [6.07, 6.45) is 0. The van der Waals surface area contributed by atoms with E-state index >= 15 is 0 Å². The first-order valence-electron chi connectivity index (χ1n) is 8.52. The Morgan fingerprint density at radius 2 is 1.46 bits per heavy atom. The molecule has 4 nitrogen and oxygen atoms in total. The van der Waals surface area contributed by atoms with Crippen LogP contribution in [0.4, 0.5) is 0 Å².